The van der Waals surface area contributed by atoms with Crippen LogP contribution in [0.3, 0.4) is 0 Å². The smallest absolute Gasteiger partial charge is 0.314 e. The normalized spacial score (nSPS) is 11.0. The monoisotopic (exact) mass is 348 g/mol. The molecule has 0 saturated carbocycles. The first-order chi connectivity index (χ1) is 12.0. The Hall–Kier alpha value is -3.10. The second kappa shape index (κ2) is 7.20. The van der Waals surface area contributed by atoms with Gasteiger partial charge in [0.2, 0.25) is 5.89 Å². The number of nitrogens with zero attached hydrogens (tertiary/aromatic N) is 4. The highest BCUT2D eigenvalue weighted by molar-refractivity contribution is 5.50. The Balaban J connectivity index is 1.65. The van der Waals surface area contributed by atoms with E-state index < -0.39 is 12.3 Å². The fraction of sp³-hybridized carbons (Fsp3) is 0.250. The maximum Gasteiger partial charge on any atom is 0.314 e. The van der Waals surface area contributed by atoms with E-state index in [0.717, 1.165) is 5.69 Å². The number of pyridine rings is 2. The Morgan fingerprint density at radius 1 is 1.28 bits per heavy atom. The van der Waals surface area contributed by atoms with E-state index in [2.05, 4.69) is 15.2 Å². The molecule has 0 aliphatic heterocycles. The van der Waals surface area contributed by atoms with Crippen LogP contribution in [0.2, 0.25) is 0 Å². The molecule has 3 rings (SSSR count). The van der Waals surface area contributed by atoms with Crippen LogP contribution in [0.5, 0.6) is 5.75 Å². The van der Waals surface area contributed by atoms with Crippen molar-refractivity contribution in [1.29, 1.82) is 0 Å². The van der Waals surface area contributed by atoms with Crippen molar-refractivity contribution in [3.8, 4) is 17.2 Å². The molecule has 0 saturated heterocycles. The number of alkyl halides is 2. The molecule has 0 radical (unpaired) electrons. The number of aryl methyl sites for hydroxylation is 1. The fourth-order valence-corrected chi connectivity index (χ4v) is 2.07. The summed E-state index contributed by atoms with van der Waals surface area (Å²) < 4.78 is 36.7. The summed E-state index contributed by atoms with van der Waals surface area (Å²) in [7, 11) is 0. The van der Waals surface area contributed by atoms with Gasteiger partial charge in [-0.25, -0.2) is 0 Å². The Morgan fingerprint density at radius 2 is 2.12 bits per heavy atom. The summed E-state index contributed by atoms with van der Waals surface area (Å²) >= 11 is 0. The molecule has 0 atom stereocenters. The van der Waals surface area contributed by atoms with Gasteiger partial charge < -0.3 is 13.7 Å². The van der Waals surface area contributed by atoms with Crippen molar-refractivity contribution in [2.75, 3.05) is 6.61 Å². The van der Waals surface area contributed by atoms with Crippen LogP contribution in [0.1, 0.15) is 18.0 Å². The molecule has 130 valence electrons. The van der Waals surface area contributed by atoms with Crippen molar-refractivity contribution in [2.24, 2.45) is 0 Å². The van der Waals surface area contributed by atoms with Gasteiger partial charge in [0.25, 0.3) is 11.4 Å². The summed E-state index contributed by atoms with van der Waals surface area (Å²) in [5.41, 5.74) is 0.833. The highest BCUT2D eigenvalue weighted by Crippen LogP contribution is 2.22. The Bertz CT molecular complexity index is 906. The van der Waals surface area contributed by atoms with Crippen LogP contribution >= 0.6 is 0 Å². The van der Waals surface area contributed by atoms with Crippen LogP contribution < -0.4 is 10.3 Å². The molecule has 0 amide bonds. The predicted molar refractivity (Wildman–Crippen MR) is 83.4 cm³/mol. The van der Waals surface area contributed by atoms with Gasteiger partial charge in [0.15, 0.2) is 0 Å². The third kappa shape index (κ3) is 4.06. The minimum atomic E-state index is -2.85. The molecule has 3 aromatic rings. The second-order valence-corrected chi connectivity index (χ2v) is 5.18. The quantitative estimate of drug-likeness (QED) is 0.681. The lowest BCUT2D eigenvalue weighted by molar-refractivity contribution is 0.116. The summed E-state index contributed by atoms with van der Waals surface area (Å²) in [6.07, 6.45) is 0.271. The summed E-state index contributed by atoms with van der Waals surface area (Å²) in [5.74, 6) is -0.290. The van der Waals surface area contributed by atoms with Gasteiger partial charge in [-0.1, -0.05) is 0 Å². The summed E-state index contributed by atoms with van der Waals surface area (Å²) in [4.78, 5) is 16.2. The van der Waals surface area contributed by atoms with Crippen molar-refractivity contribution < 1.29 is 17.9 Å². The molecule has 0 bridgehead atoms. The number of rotatable bonds is 6. The topological polar surface area (TPSA) is 83.0 Å². The van der Waals surface area contributed by atoms with Gasteiger partial charge in [-0.2, -0.15) is 8.78 Å². The van der Waals surface area contributed by atoms with E-state index in [1.807, 2.05) is 13.0 Å². The molecule has 9 heteroatoms. The van der Waals surface area contributed by atoms with Gasteiger partial charge in [-0.15, -0.1) is 10.2 Å². The van der Waals surface area contributed by atoms with E-state index in [0.29, 0.717) is 12.3 Å². The molecule has 0 spiro atoms. The summed E-state index contributed by atoms with van der Waals surface area (Å²) in [6, 6.07) is 6.41. The number of halogens is 2. The Morgan fingerprint density at radius 3 is 2.76 bits per heavy atom. The van der Waals surface area contributed by atoms with Crippen LogP contribution in [-0.2, 0) is 6.54 Å². The van der Waals surface area contributed by atoms with Gasteiger partial charge >= 0.3 is 6.43 Å². The minimum absolute atomic E-state index is 0.124. The lowest BCUT2D eigenvalue weighted by Crippen LogP contribution is -2.21. The zero-order valence-corrected chi connectivity index (χ0v) is 13.2. The molecule has 0 aromatic carbocycles. The van der Waals surface area contributed by atoms with Crippen molar-refractivity contribution in [3.05, 3.63) is 58.6 Å². The standard InChI is InChI=1S/C16H14F2N4O3/c1-10-2-3-12(9-19-10)24-7-6-22-5-4-11(8-13(22)23)15-20-21-16(25-15)14(17)18/h2-5,8-9,14H,6-7H2,1H3. The SMILES string of the molecule is Cc1ccc(OCCn2ccc(-c3nnc(C(F)F)o3)cc2=O)cn1. The molecule has 7 nitrogen and oxygen atoms in total. The summed E-state index contributed by atoms with van der Waals surface area (Å²) in [5, 5.41) is 6.74. The predicted octanol–water partition coefficient (Wildman–Crippen LogP) is 2.62. The number of ether oxygens (including phenoxy) is 1. The van der Waals surface area contributed by atoms with Crippen molar-refractivity contribution in [3.63, 3.8) is 0 Å². The molecule has 0 aliphatic rings. The molecule has 3 aromatic heterocycles. The first kappa shape index (κ1) is 16.7. The number of hydrogen-bond acceptors (Lipinski definition) is 6. The van der Waals surface area contributed by atoms with Crippen LogP contribution in [-0.4, -0.2) is 26.4 Å². The first-order valence-corrected chi connectivity index (χ1v) is 7.41. The average molecular weight is 348 g/mol. The van der Waals surface area contributed by atoms with E-state index in [1.54, 1.807) is 12.3 Å². The molecular weight excluding hydrogens is 334 g/mol. The summed E-state index contributed by atoms with van der Waals surface area (Å²) in [6.45, 7) is 2.47. The highest BCUT2D eigenvalue weighted by Gasteiger charge is 2.17. The van der Waals surface area contributed by atoms with Crippen LogP contribution in [0, 0.1) is 6.92 Å². The molecule has 25 heavy (non-hydrogen) atoms. The Kier molecular flexibility index (Phi) is 4.82. The van der Waals surface area contributed by atoms with Gasteiger partial charge in [0, 0.05) is 23.5 Å². The Labute approximate surface area is 140 Å². The molecule has 3 heterocycles. The van der Waals surface area contributed by atoms with Crippen molar-refractivity contribution >= 4 is 0 Å². The largest absolute Gasteiger partial charge is 0.490 e. The van der Waals surface area contributed by atoms with Gasteiger partial charge in [0.1, 0.15) is 12.4 Å². The van der Waals surface area contributed by atoms with E-state index in [4.69, 9.17) is 9.15 Å². The molecule has 0 aliphatic carbocycles. The minimum Gasteiger partial charge on any atom is -0.490 e. The fourth-order valence-electron chi connectivity index (χ4n) is 2.07. The zero-order chi connectivity index (χ0) is 17.8. The average Bonchev–Trinajstić information content (AvgIpc) is 3.08. The van der Waals surface area contributed by atoms with Crippen molar-refractivity contribution in [1.82, 2.24) is 19.7 Å². The van der Waals surface area contributed by atoms with Gasteiger partial charge in [0.05, 0.1) is 12.7 Å². The lowest BCUT2D eigenvalue weighted by atomic mass is 10.2. The third-order valence-electron chi connectivity index (χ3n) is 3.36. The number of aromatic nitrogens is 4. The third-order valence-corrected chi connectivity index (χ3v) is 3.36. The lowest BCUT2D eigenvalue weighted by Gasteiger charge is -2.08. The molecular formula is C16H14F2N4O3. The van der Waals surface area contributed by atoms with E-state index in [-0.39, 0.29) is 23.6 Å². The first-order valence-electron chi connectivity index (χ1n) is 7.41. The maximum absolute atomic E-state index is 12.5. The van der Waals surface area contributed by atoms with Crippen molar-refractivity contribution in [2.45, 2.75) is 19.9 Å². The van der Waals surface area contributed by atoms with E-state index in [9.17, 15) is 13.6 Å². The molecule has 0 fully saturated rings. The van der Waals surface area contributed by atoms with Crippen LogP contribution in [0.15, 0.2) is 45.9 Å². The molecule has 0 unspecified atom stereocenters. The van der Waals surface area contributed by atoms with Gasteiger partial charge in [-0.05, 0) is 25.1 Å². The van der Waals surface area contributed by atoms with Crippen LogP contribution in [0.25, 0.3) is 11.5 Å². The molecule has 0 N–H and O–H groups in total. The highest BCUT2D eigenvalue weighted by atomic mass is 19.3. The second-order valence-electron chi connectivity index (χ2n) is 5.18. The zero-order valence-electron chi connectivity index (χ0n) is 13.2. The van der Waals surface area contributed by atoms with Crippen LogP contribution in [0.4, 0.5) is 8.78 Å². The van der Waals surface area contributed by atoms with E-state index in [1.165, 1.54) is 22.9 Å². The van der Waals surface area contributed by atoms with Gasteiger partial charge in [-0.3, -0.25) is 9.78 Å². The number of hydrogen-bond donors (Lipinski definition) is 0. The maximum atomic E-state index is 12.5. The van der Waals surface area contributed by atoms with E-state index >= 15 is 0 Å².